The maximum Gasteiger partial charge on any atom is 0.255 e. The van der Waals surface area contributed by atoms with E-state index in [9.17, 15) is 4.79 Å². The molecule has 1 N–H and O–H groups in total. The van der Waals surface area contributed by atoms with E-state index in [1.807, 2.05) is 41.1 Å². The number of nitrogens with one attached hydrogen (secondary N) is 1. The Bertz CT molecular complexity index is 1130. The van der Waals surface area contributed by atoms with Crippen LogP contribution in [0.25, 0.3) is 16.5 Å². The van der Waals surface area contributed by atoms with E-state index in [0.717, 1.165) is 16.5 Å². The maximum atomic E-state index is 12.9. The summed E-state index contributed by atoms with van der Waals surface area (Å²) in [4.78, 5) is 21.1. The molecule has 0 saturated carbocycles. The highest BCUT2D eigenvalue weighted by Crippen LogP contribution is 2.23. The summed E-state index contributed by atoms with van der Waals surface area (Å²) in [5, 5.41) is 4.97. The number of benzene rings is 2. The molecule has 7 nitrogen and oxygen atoms in total. The molecule has 1 amide bonds. The van der Waals surface area contributed by atoms with Crippen molar-refractivity contribution in [3.63, 3.8) is 0 Å². The molecule has 0 bridgehead atoms. The number of imidazole rings is 1. The molecule has 7 heteroatoms. The van der Waals surface area contributed by atoms with Crippen LogP contribution in [0.3, 0.4) is 0 Å². The van der Waals surface area contributed by atoms with Crippen molar-refractivity contribution in [2.75, 3.05) is 25.6 Å². The normalized spacial score (nSPS) is 10.8. The van der Waals surface area contributed by atoms with Crippen molar-refractivity contribution in [3.8, 4) is 11.4 Å². The highest BCUT2D eigenvalue weighted by Gasteiger charge is 2.12. The number of nitrogens with zero attached hydrogens (tertiary/aromatic N) is 3. The number of aromatic nitrogens is 3. The molecule has 0 aliphatic carbocycles. The Balaban J connectivity index is 1.61. The quantitative estimate of drug-likeness (QED) is 0.489. The molecule has 146 valence electrons. The summed E-state index contributed by atoms with van der Waals surface area (Å²) in [6.45, 7) is 0.852. The number of pyridine rings is 1. The number of methoxy groups -OCH3 is 1. The first-order valence-corrected chi connectivity index (χ1v) is 9.13. The predicted molar refractivity (Wildman–Crippen MR) is 111 cm³/mol. The smallest absolute Gasteiger partial charge is 0.255 e. The fourth-order valence-electron chi connectivity index (χ4n) is 2.97. The minimum absolute atomic E-state index is 0.230. The number of amides is 1. The molecule has 29 heavy (non-hydrogen) atoms. The fraction of sp³-hybridized carbons (Fsp3) is 0.136. The molecule has 0 aliphatic heterocycles. The highest BCUT2D eigenvalue weighted by molar-refractivity contribution is 6.05. The maximum absolute atomic E-state index is 12.9. The summed E-state index contributed by atoms with van der Waals surface area (Å²) in [6.07, 6.45) is 8.68. The molecule has 2 aromatic carbocycles. The Morgan fingerprint density at radius 1 is 1.03 bits per heavy atom. The van der Waals surface area contributed by atoms with Crippen molar-refractivity contribution in [2.24, 2.45) is 0 Å². The second-order valence-corrected chi connectivity index (χ2v) is 6.42. The van der Waals surface area contributed by atoms with Gasteiger partial charge in [0.25, 0.3) is 5.91 Å². The van der Waals surface area contributed by atoms with Gasteiger partial charge >= 0.3 is 0 Å². The van der Waals surface area contributed by atoms with Crippen LogP contribution in [-0.2, 0) is 4.74 Å². The van der Waals surface area contributed by atoms with E-state index in [1.165, 1.54) is 0 Å². The molecule has 2 heterocycles. The van der Waals surface area contributed by atoms with Gasteiger partial charge in [-0.2, -0.15) is 0 Å². The predicted octanol–water partition coefficient (Wildman–Crippen LogP) is 3.70. The van der Waals surface area contributed by atoms with Gasteiger partial charge in [0.1, 0.15) is 12.4 Å². The molecule has 0 spiro atoms. The Morgan fingerprint density at radius 3 is 2.79 bits per heavy atom. The van der Waals surface area contributed by atoms with Gasteiger partial charge < -0.3 is 19.4 Å². The average Bonchev–Trinajstić information content (AvgIpc) is 3.29. The number of carbonyl (C=O) groups excluding carboxylic acids is 1. The first-order chi connectivity index (χ1) is 14.2. The number of hydrogen-bond acceptors (Lipinski definition) is 5. The fourth-order valence-corrected chi connectivity index (χ4v) is 2.97. The lowest BCUT2D eigenvalue weighted by Crippen LogP contribution is -2.13. The molecule has 0 unspecified atom stereocenters. The topological polar surface area (TPSA) is 78.3 Å². The summed E-state index contributed by atoms with van der Waals surface area (Å²) < 4.78 is 12.6. The van der Waals surface area contributed by atoms with Crippen molar-refractivity contribution in [2.45, 2.75) is 0 Å². The third kappa shape index (κ3) is 4.41. The van der Waals surface area contributed by atoms with Crippen molar-refractivity contribution in [1.82, 2.24) is 14.5 Å². The standard InChI is InChI=1S/C22H20N4O3/c1-28-8-9-29-21-12-17(11-20(13-21)26-7-6-24-15-26)22(27)25-19-3-2-16-4-5-23-14-18(16)10-19/h2-7,10-15H,8-9H2,1H3,(H,25,27). The van der Waals surface area contributed by atoms with Crippen molar-refractivity contribution < 1.29 is 14.3 Å². The zero-order valence-corrected chi connectivity index (χ0v) is 15.9. The number of anilines is 1. The lowest BCUT2D eigenvalue weighted by molar-refractivity contribution is 0.102. The molecule has 0 radical (unpaired) electrons. The molecular weight excluding hydrogens is 368 g/mol. The Kier molecular flexibility index (Phi) is 5.49. The van der Waals surface area contributed by atoms with Gasteiger partial charge in [-0.05, 0) is 35.7 Å². The second kappa shape index (κ2) is 8.53. The number of rotatable bonds is 7. The first-order valence-electron chi connectivity index (χ1n) is 9.13. The van der Waals surface area contributed by atoms with Gasteiger partial charge in [-0.25, -0.2) is 4.98 Å². The summed E-state index contributed by atoms with van der Waals surface area (Å²) >= 11 is 0. The van der Waals surface area contributed by atoms with E-state index in [-0.39, 0.29) is 5.91 Å². The summed E-state index contributed by atoms with van der Waals surface area (Å²) in [7, 11) is 1.61. The third-order valence-electron chi connectivity index (χ3n) is 4.41. The van der Waals surface area contributed by atoms with Crippen LogP contribution in [0, 0.1) is 0 Å². The monoisotopic (exact) mass is 388 g/mol. The van der Waals surface area contributed by atoms with Crippen LogP contribution in [0.4, 0.5) is 5.69 Å². The molecule has 0 atom stereocenters. The van der Waals surface area contributed by atoms with E-state index in [0.29, 0.717) is 30.2 Å². The number of ether oxygens (including phenoxy) is 2. The number of fused-ring (bicyclic) bond motifs is 1. The molecule has 4 aromatic rings. The summed E-state index contributed by atoms with van der Waals surface area (Å²) in [5.41, 5.74) is 1.96. The van der Waals surface area contributed by atoms with Gasteiger partial charge in [0.2, 0.25) is 0 Å². The number of carbonyl (C=O) groups is 1. The number of hydrogen-bond donors (Lipinski definition) is 1. The van der Waals surface area contributed by atoms with Crippen LogP contribution in [0.5, 0.6) is 5.75 Å². The minimum atomic E-state index is -0.230. The largest absolute Gasteiger partial charge is 0.491 e. The van der Waals surface area contributed by atoms with Crippen molar-refractivity contribution in [1.29, 1.82) is 0 Å². The van der Waals surface area contributed by atoms with E-state index in [2.05, 4.69) is 15.3 Å². The zero-order valence-electron chi connectivity index (χ0n) is 15.9. The zero-order chi connectivity index (χ0) is 20.1. The van der Waals surface area contributed by atoms with Gasteiger partial charge in [-0.3, -0.25) is 9.78 Å². The van der Waals surface area contributed by atoms with Crippen LogP contribution in [0.2, 0.25) is 0 Å². The molecule has 4 rings (SSSR count). The third-order valence-corrected chi connectivity index (χ3v) is 4.41. The summed E-state index contributed by atoms with van der Waals surface area (Å²) in [6, 6.07) is 13.0. The molecular formula is C22H20N4O3. The molecule has 2 aromatic heterocycles. The Morgan fingerprint density at radius 2 is 1.97 bits per heavy atom. The highest BCUT2D eigenvalue weighted by atomic mass is 16.5. The van der Waals surface area contributed by atoms with E-state index < -0.39 is 0 Å². The second-order valence-electron chi connectivity index (χ2n) is 6.42. The van der Waals surface area contributed by atoms with Gasteiger partial charge in [0.15, 0.2) is 0 Å². The molecule has 0 aliphatic rings. The van der Waals surface area contributed by atoms with Crippen molar-refractivity contribution in [3.05, 3.63) is 79.1 Å². The van der Waals surface area contributed by atoms with Crippen LogP contribution >= 0.6 is 0 Å². The van der Waals surface area contributed by atoms with Crippen LogP contribution in [0.1, 0.15) is 10.4 Å². The Labute approximate surface area is 167 Å². The van der Waals surface area contributed by atoms with Gasteiger partial charge in [-0.1, -0.05) is 6.07 Å². The van der Waals surface area contributed by atoms with Crippen LogP contribution in [0.15, 0.2) is 73.6 Å². The SMILES string of the molecule is COCCOc1cc(C(=O)Nc2ccc3ccncc3c2)cc(-n2ccnc2)c1. The lowest BCUT2D eigenvalue weighted by Gasteiger charge is -2.12. The van der Waals surface area contributed by atoms with Gasteiger partial charge in [-0.15, -0.1) is 0 Å². The lowest BCUT2D eigenvalue weighted by atomic mass is 10.1. The Hall–Kier alpha value is -3.71. The molecule has 0 saturated heterocycles. The van der Waals surface area contributed by atoms with Crippen LogP contribution in [-0.4, -0.2) is 40.8 Å². The van der Waals surface area contributed by atoms with E-state index >= 15 is 0 Å². The average molecular weight is 388 g/mol. The van der Waals surface area contributed by atoms with E-state index in [4.69, 9.17) is 9.47 Å². The van der Waals surface area contributed by atoms with Gasteiger partial charge in [0, 0.05) is 54.6 Å². The molecule has 0 fully saturated rings. The van der Waals surface area contributed by atoms with Crippen LogP contribution < -0.4 is 10.1 Å². The van der Waals surface area contributed by atoms with Gasteiger partial charge in [0.05, 0.1) is 18.6 Å². The summed E-state index contributed by atoms with van der Waals surface area (Å²) in [5.74, 6) is 0.355. The van der Waals surface area contributed by atoms with Crippen molar-refractivity contribution >= 4 is 22.4 Å². The minimum Gasteiger partial charge on any atom is -0.491 e. The first kappa shape index (κ1) is 18.6. The van der Waals surface area contributed by atoms with E-state index in [1.54, 1.807) is 44.2 Å².